The predicted octanol–water partition coefficient (Wildman–Crippen LogP) is 3.42. The maximum Gasteiger partial charge on any atom is 0.308 e. The number of esters is 1. The van der Waals surface area contributed by atoms with Crippen LogP contribution in [0.3, 0.4) is 0 Å². The highest BCUT2D eigenvalue weighted by atomic mass is 16.5. The first-order valence-corrected chi connectivity index (χ1v) is 7.60. The van der Waals surface area contributed by atoms with Crippen molar-refractivity contribution >= 4 is 28.5 Å². The minimum absolute atomic E-state index is 0.269. The summed E-state index contributed by atoms with van der Waals surface area (Å²) < 4.78 is 10.3. The smallest absolute Gasteiger partial charge is 0.308 e. The molecule has 3 rings (SSSR count). The summed E-state index contributed by atoms with van der Waals surface area (Å²) in [6, 6.07) is 13.6. The fraction of sp³-hybridized carbons (Fsp3) is 0.105. The van der Waals surface area contributed by atoms with Crippen LogP contribution in [0.4, 0.5) is 5.69 Å². The number of methoxy groups -OCH3 is 1. The number of carbonyl (C=O) groups excluding carboxylic acids is 2. The average Bonchev–Trinajstić information content (AvgIpc) is 2.63. The molecule has 0 saturated heterocycles. The number of amides is 1. The van der Waals surface area contributed by atoms with Gasteiger partial charge in [-0.2, -0.15) is 0 Å². The van der Waals surface area contributed by atoms with Gasteiger partial charge in [0.2, 0.25) is 0 Å². The normalized spacial score (nSPS) is 10.3. The van der Waals surface area contributed by atoms with Gasteiger partial charge in [0, 0.05) is 24.1 Å². The van der Waals surface area contributed by atoms with Crippen LogP contribution in [0, 0.1) is 0 Å². The van der Waals surface area contributed by atoms with Crippen molar-refractivity contribution in [2.45, 2.75) is 6.92 Å². The van der Waals surface area contributed by atoms with Crippen molar-refractivity contribution in [3.63, 3.8) is 0 Å². The van der Waals surface area contributed by atoms with E-state index in [-0.39, 0.29) is 5.91 Å². The molecular formula is C19H16N2O4. The highest BCUT2D eigenvalue weighted by Crippen LogP contribution is 2.30. The number of anilines is 1. The van der Waals surface area contributed by atoms with Gasteiger partial charge in [0.1, 0.15) is 11.5 Å². The van der Waals surface area contributed by atoms with Crippen molar-refractivity contribution in [2.24, 2.45) is 0 Å². The Balaban J connectivity index is 1.93. The van der Waals surface area contributed by atoms with Crippen molar-refractivity contribution in [2.75, 3.05) is 12.4 Å². The SMILES string of the molecule is COc1ccc(C(=O)Nc2ccc(OC(C)=O)c3cccnc23)cc1. The van der Waals surface area contributed by atoms with Gasteiger partial charge < -0.3 is 14.8 Å². The number of carbonyl (C=O) groups is 2. The molecule has 0 spiro atoms. The molecule has 0 atom stereocenters. The second kappa shape index (κ2) is 7.00. The first-order valence-electron chi connectivity index (χ1n) is 7.60. The van der Waals surface area contributed by atoms with Crippen LogP contribution in [0.1, 0.15) is 17.3 Å². The highest BCUT2D eigenvalue weighted by molar-refractivity contribution is 6.09. The minimum Gasteiger partial charge on any atom is -0.497 e. The maximum absolute atomic E-state index is 12.5. The Morgan fingerprint density at radius 2 is 1.80 bits per heavy atom. The Labute approximate surface area is 144 Å². The number of benzene rings is 2. The van der Waals surface area contributed by atoms with Crippen LogP contribution in [-0.4, -0.2) is 24.0 Å². The lowest BCUT2D eigenvalue weighted by Crippen LogP contribution is -2.12. The molecule has 0 radical (unpaired) electrons. The van der Waals surface area contributed by atoms with Crippen LogP contribution in [0.2, 0.25) is 0 Å². The largest absolute Gasteiger partial charge is 0.497 e. The van der Waals surface area contributed by atoms with Crippen LogP contribution in [0.15, 0.2) is 54.7 Å². The molecule has 0 aliphatic carbocycles. The predicted molar refractivity (Wildman–Crippen MR) is 94.0 cm³/mol. The molecular weight excluding hydrogens is 320 g/mol. The van der Waals surface area contributed by atoms with Crippen LogP contribution in [0.5, 0.6) is 11.5 Å². The number of ether oxygens (including phenoxy) is 2. The lowest BCUT2D eigenvalue weighted by atomic mass is 10.1. The molecule has 0 fully saturated rings. The molecule has 3 aromatic rings. The molecule has 6 heteroatoms. The molecule has 1 aromatic heterocycles. The quantitative estimate of drug-likeness (QED) is 0.583. The van der Waals surface area contributed by atoms with Crippen LogP contribution < -0.4 is 14.8 Å². The number of nitrogens with zero attached hydrogens (tertiary/aromatic N) is 1. The third-order valence-corrected chi connectivity index (χ3v) is 3.58. The molecule has 1 heterocycles. The molecule has 6 nitrogen and oxygen atoms in total. The minimum atomic E-state index is -0.417. The van der Waals surface area contributed by atoms with E-state index in [0.29, 0.717) is 33.7 Å². The number of rotatable bonds is 4. The van der Waals surface area contributed by atoms with E-state index in [9.17, 15) is 9.59 Å². The van der Waals surface area contributed by atoms with Gasteiger partial charge in [-0.05, 0) is 48.5 Å². The number of hydrogen-bond acceptors (Lipinski definition) is 5. The molecule has 0 aliphatic rings. The molecule has 0 aliphatic heterocycles. The number of hydrogen-bond donors (Lipinski definition) is 1. The van der Waals surface area contributed by atoms with Crippen LogP contribution in [0.25, 0.3) is 10.9 Å². The van der Waals surface area contributed by atoms with E-state index < -0.39 is 5.97 Å². The van der Waals surface area contributed by atoms with Gasteiger partial charge in [-0.3, -0.25) is 14.6 Å². The Morgan fingerprint density at radius 1 is 1.04 bits per heavy atom. The zero-order valence-corrected chi connectivity index (χ0v) is 13.8. The molecule has 0 unspecified atom stereocenters. The van der Waals surface area contributed by atoms with E-state index >= 15 is 0 Å². The van der Waals surface area contributed by atoms with Gasteiger partial charge >= 0.3 is 5.97 Å². The first-order chi connectivity index (χ1) is 12.1. The lowest BCUT2D eigenvalue weighted by Gasteiger charge is -2.11. The zero-order valence-electron chi connectivity index (χ0n) is 13.8. The second-order valence-corrected chi connectivity index (χ2v) is 5.29. The highest BCUT2D eigenvalue weighted by Gasteiger charge is 2.13. The summed E-state index contributed by atoms with van der Waals surface area (Å²) in [5, 5.41) is 3.48. The molecule has 1 N–H and O–H groups in total. The van der Waals surface area contributed by atoms with Crippen molar-refractivity contribution in [1.29, 1.82) is 0 Å². The Hall–Kier alpha value is -3.41. The Morgan fingerprint density at radius 3 is 2.48 bits per heavy atom. The molecule has 126 valence electrons. The molecule has 2 aromatic carbocycles. The summed E-state index contributed by atoms with van der Waals surface area (Å²) in [5.74, 6) is 0.391. The third kappa shape index (κ3) is 3.58. The molecule has 0 saturated carbocycles. The van der Waals surface area contributed by atoms with Gasteiger partial charge in [0.25, 0.3) is 5.91 Å². The maximum atomic E-state index is 12.5. The summed E-state index contributed by atoms with van der Waals surface area (Å²) in [4.78, 5) is 28.0. The number of nitrogens with one attached hydrogen (secondary N) is 1. The standard InChI is InChI=1S/C19H16N2O4/c1-12(22)25-17-10-9-16(18-15(17)4-3-11-20-18)21-19(23)13-5-7-14(24-2)8-6-13/h3-11H,1-2H3,(H,21,23). The summed E-state index contributed by atoms with van der Waals surface area (Å²) in [5.41, 5.74) is 1.57. The van der Waals surface area contributed by atoms with E-state index in [2.05, 4.69) is 10.3 Å². The van der Waals surface area contributed by atoms with E-state index in [0.717, 1.165) is 0 Å². The van der Waals surface area contributed by atoms with Crippen molar-refractivity contribution in [3.8, 4) is 11.5 Å². The van der Waals surface area contributed by atoms with Crippen molar-refractivity contribution in [3.05, 3.63) is 60.3 Å². The number of pyridine rings is 1. The molecule has 1 amide bonds. The van der Waals surface area contributed by atoms with Gasteiger partial charge in [0.15, 0.2) is 0 Å². The van der Waals surface area contributed by atoms with Crippen LogP contribution >= 0.6 is 0 Å². The summed E-state index contributed by atoms with van der Waals surface area (Å²) in [6.45, 7) is 1.33. The number of fused-ring (bicyclic) bond motifs is 1. The van der Waals surface area contributed by atoms with Crippen LogP contribution in [-0.2, 0) is 4.79 Å². The fourth-order valence-electron chi connectivity index (χ4n) is 2.43. The molecule has 25 heavy (non-hydrogen) atoms. The van der Waals surface area contributed by atoms with E-state index in [1.807, 2.05) is 0 Å². The molecule has 0 bridgehead atoms. The second-order valence-electron chi connectivity index (χ2n) is 5.29. The van der Waals surface area contributed by atoms with Gasteiger partial charge in [-0.25, -0.2) is 0 Å². The monoisotopic (exact) mass is 336 g/mol. The topological polar surface area (TPSA) is 77.5 Å². The lowest BCUT2D eigenvalue weighted by molar-refractivity contribution is -0.131. The van der Waals surface area contributed by atoms with E-state index in [1.54, 1.807) is 61.8 Å². The Kier molecular flexibility index (Phi) is 4.61. The fourth-order valence-corrected chi connectivity index (χ4v) is 2.43. The summed E-state index contributed by atoms with van der Waals surface area (Å²) >= 11 is 0. The van der Waals surface area contributed by atoms with E-state index in [4.69, 9.17) is 9.47 Å². The van der Waals surface area contributed by atoms with E-state index in [1.165, 1.54) is 6.92 Å². The van der Waals surface area contributed by atoms with Gasteiger partial charge in [-0.1, -0.05) is 0 Å². The van der Waals surface area contributed by atoms with Crippen molar-refractivity contribution in [1.82, 2.24) is 4.98 Å². The Bertz CT molecular complexity index is 936. The average molecular weight is 336 g/mol. The number of aromatic nitrogens is 1. The first kappa shape index (κ1) is 16.4. The summed E-state index contributed by atoms with van der Waals surface area (Å²) in [7, 11) is 1.57. The summed E-state index contributed by atoms with van der Waals surface area (Å²) in [6.07, 6.45) is 1.61. The van der Waals surface area contributed by atoms with Gasteiger partial charge in [0.05, 0.1) is 18.3 Å². The van der Waals surface area contributed by atoms with Crippen molar-refractivity contribution < 1.29 is 19.1 Å². The van der Waals surface area contributed by atoms with Gasteiger partial charge in [-0.15, -0.1) is 0 Å². The third-order valence-electron chi connectivity index (χ3n) is 3.58. The zero-order chi connectivity index (χ0) is 17.8.